The molecule has 0 saturated carbocycles. The largest absolute Gasteiger partial charge is 0.456 e. The first-order valence-electron chi connectivity index (χ1n) is 5.79. The Morgan fingerprint density at radius 1 is 1.29 bits per heavy atom. The van der Waals surface area contributed by atoms with E-state index < -0.39 is 0 Å². The molecule has 0 aliphatic carbocycles. The fourth-order valence-electron chi connectivity index (χ4n) is 2.17. The van der Waals surface area contributed by atoms with Crippen molar-refractivity contribution in [2.75, 3.05) is 20.1 Å². The smallest absolute Gasteiger partial charge is 0.134 e. The minimum Gasteiger partial charge on any atom is -0.456 e. The van der Waals surface area contributed by atoms with Crippen LogP contribution in [-0.4, -0.2) is 25.0 Å². The van der Waals surface area contributed by atoms with Crippen molar-refractivity contribution in [2.24, 2.45) is 0 Å². The van der Waals surface area contributed by atoms with Gasteiger partial charge in [0.1, 0.15) is 11.3 Å². The van der Waals surface area contributed by atoms with Gasteiger partial charge in [0.15, 0.2) is 0 Å². The standard InChI is InChI=1S/C14H14ClNO/c1-16-6-4-10(5-7-16)14-9-11-8-12(15)2-3-13(11)17-14/h2-4,8-9H,5-7H2,1H3. The molecule has 0 radical (unpaired) electrons. The third-order valence-corrected chi connectivity index (χ3v) is 3.44. The zero-order valence-corrected chi connectivity index (χ0v) is 10.5. The summed E-state index contributed by atoms with van der Waals surface area (Å²) in [5.74, 6) is 0.982. The molecule has 0 bridgehead atoms. The number of rotatable bonds is 1. The Hall–Kier alpha value is -1.25. The van der Waals surface area contributed by atoms with Gasteiger partial charge in [-0.05, 0) is 43.3 Å². The molecule has 3 heteroatoms. The number of halogens is 1. The van der Waals surface area contributed by atoms with Crippen LogP contribution in [-0.2, 0) is 0 Å². The van der Waals surface area contributed by atoms with Gasteiger partial charge < -0.3 is 9.32 Å². The molecule has 1 aliphatic rings. The number of fused-ring (bicyclic) bond motifs is 1. The van der Waals surface area contributed by atoms with Gasteiger partial charge >= 0.3 is 0 Å². The highest BCUT2D eigenvalue weighted by atomic mass is 35.5. The van der Waals surface area contributed by atoms with Gasteiger partial charge in [-0.15, -0.1) is 0 Å². The van der Waals surface area contributed by atoms with Crippen LogP contribution in [0.3, 0.4) is 0 Å². The van der Waals surface area contributed by atoms with Gasteiger partial charge in [0.05, 0.1) is 0 Å². The summed E-state index contributed by atoms with van der Waals surface area (Å²) in [4.78, 5) is 2.29. The molecule has 2 heterocycles. The van der Waals surface area contributed by atoms with Crippen LogP contribution in [0.15, 0.2) is 34.8 Å². The predicted molar refractivity (Wildman–Crippen MR) is 71.3 cm³/mol. The van der Waals surface area contributed by atoms with Crippen LogP contribution in [0.25, 0.3) is 16.5 Å². The van der Waals surface area contributed by atoms with Crippen molar-refractivity contribution >= 4 is 28.1 Å². The van der Waals surface area contributed by atoms with E-state index in [0.717, 1.165) is 41.3 Å². The van der Waals surface area contributed by atoms with Gasteiger partial charge in [-0.2, -0.15) is 0 Å². The summed E-state index contributed by atoms with van der Waals surface area (Å²) in [5.41, 5.74) is 2.21. The summed E-state index contributed by atoms with van der Waals surface area (Å²) in [6, 6.07) is 7.81. The molecule has 0 fully saturated rings. The number of benzene rings is 1. The van der Waals surface area contributed by atoms with Gasteiger partial charge in [0, 0.05) is 23.5 Å². The van der Waals surface area contributed by atoms with Crippen LogP contribution < -0.4 is 0 Å². The Labute approximate surface area is 105 Å². The molecular formula is C14H14ClNO. The Balaban J connectivity index is 2.01. The van der Waals surface area contributed by atoms with Gasteiger partial charge in [-0.3, -0.25) is 0 Å². The monoisotopic (exact) mass is 247 g/mol. The quantitative estimate of drug-likeness (QED) is 0.762. The van der Waals surface area contributed by atoms with Crippen molar-refractivity contribution in [2.45, 2.75) is 6.42 Å². The highest BCUT2D eigenvalue weighted by Gasteiger charge is 2.13. The fraction of sp³-hybridized carbons (Fsp3) is 0.286. The number of hydrogen-bond acceptors (Lipinski definition) is 2. The van der Waals surface area contributed by atoms with E-state index in [1.54, 1.807) is 0 Å². The van der Waals surface area contributed by atoms with Crippen molar-refractivity contribution in [3.63, 3.8) is 0 Å². The summed E-state index contributed by atoms with van der Waals surface area (Å²) in [7, 11) is 2.13. The number of furan rings is 1. The molecule has 2 aromatic rings. The molecule has 1 aromatic heterocycles. The SMILES string of the molecule is CN1CC=C(c2cc3cc(Cl)ccc3o2)CC1. The highest BCUT2D eigenvalue weighted by molar-refractivity contribution is 6.31. The maximum atomic E-state index is 5.97. The van der Waals surface area contributed by atoms with Gasteiger partial charge in [-0.1, -0.05) is 17.7 Å². The van der Waals surface area contributed by atoms with Crippen molar-refractivity contribution < 1.29 is 4.42 Å². The third-order valence-electron chi connectivity index (χ3n) is 3.21. The van der Waals surface area contributed by atoms with E-state index in [4.69, 9.17) is 16.0 Å². The molecule has 2 nitrogen and oxygen atoms in total. The van der Waals surface area contributed by atoms with Crippen molar-refractivity contribution in [1.82, 2.24) is 4.90 Å². The van der Waals surface area contributed by atoms with E-state index >= 15 is 0 Å². The second-order valence-electron chi connectivity index (χ2n) is 4.53. The molecule has 1 aliphatic heterocycles. The van der Waals surface area contributed by atoms with Crippen molar-refractivity contribution in [3.8, 4) is 0 Å². The van der Waals surface area contributed by atoms with E-state index in [1.165, 1.54) is 5.57 Å². The maximum absolute atomic E-state index is 5.97. The molecule has 0 unspecified atom stereocenters. The third kappa shape index (κ3) is 2.11. The summed E-state index contributed by atoms with van der Waals surface area (Å²) in [5, 5.41) is 1.83. The van der Waals surface area contributed by atoms with Crippen molar-refractivity contribution in [1.29, 1.82) is 0 Å². The lowest BCUT2D eigenvalue weighted by Crippen LogP contribution is -2.23. The average molecular weight is 248 g/mol. The zero-order chi connectivity index (χ0) is 11.8. The van der Waals surface area contributed by atoms with Gasteiger partial charge in [-0.25, -0.2) is 0 Å². The van der Waals surface area contributed by atoms with Crippen LogP contribution in [0.5, 0.6) is 0 Å². The second kappa shape index (κ2) is 4.21. The molecule has 3 rings (SSSR count). The molecular weight excluding hydrogens is 234 g/mol. The van der Waals surface area contributed by atoms with Gasteiger partial charge in [0.25, 0.3) is 0 Å². The molecule has 0 saturated heterocycles. The number of likely N-dealkylation sites (N-methyl/N-ethyl adjacent to an activating group) is 1. The summed E-state index contributed by atoms with van der Waals surface area (Å²) in [6.45, 7) is 2.08. The number of hydrogen-bond donors (Lipinski definition) is 0. The van der Waals surface area contributed by atoms with Crippen LogP contribution >= 0.6 is 11.6 Å². The van der Waals surface area contributed by atoms with E-state index in [9.17, 15) is 0 Å². The molecule has 88 valence electrons. The Bertz CT molecular complexity index is 585. The van der Waals surface area contributed by atoms with E-state index in [-0.39, 0.29) is 0 Å². The molecule has 1 aromatic carbocycles. The topological polar surface area (TPSA) is 16.4 Å². The van der Waals surface area contributed by atoms with Crippen LogP contribution in [0.1, 0.15) is 12.2 Å². The average Bonchev–Trinajstić information content (AvgIpc) is 2.72. The summed E-state index contributed by atoms with van der Waals surface area (Å²) >= 11 is 5.97. The van der Waals surface area contributed by atoms with Crippen LogP contribution in [0.2, 0.25) is 5.02 Å². The lowest BCUT2D eigenvalue weighted by Gasteiger charge is -2.20. The van der Waals surface area contributed by atoms with Crippen LogP contribution in [0.4, 0.5) is 0 Å². The Morgan fingerprint density at radius 2 is 2.18 bits per heavy atom. The fourth-order valence-corrected chi connectivity index (χ4v) is 2.35. The molecule has 0 spiro atoms. The predicted octanol–water partition coefficient (Wildman–Crippen LogP) is 3.81. The first-order chi connectivity index (χ1) is 8.22. The highest BCUT2D eigenvalue weighted by Crippen LogP contribution is 2.29. The molecule has 17 heavy (non-hydrogen) atoms. The number of nitrogens with zero attached hydrogens (tertiary/aromatic N) is 1. The minimum atomic E-state index is 0.752. The van der Waals surface area contributed by atoms with E-state index in [2.05, 4.69) is 24.1 Å². The lowest BCUT2D eigenvalue weighted by molar-refractivity contribution is 0.368. The van der Waals surface area contributed by atoms with Gasteiger partial charge in [0.2, 0.25) is 0 Å². The summed E-state index contributed by atoms with van der Waals surface area (Å²) in [6.07, 6.45) is 3.28. The zero-order valence-electron chi connectivity index (χ0n) is 9.74. The second-order valence-corrected chi connectivity index (χ2v) is 4.97. The molecule has 0 N–H and O–H groups in total. The summed E-state index contributed by atoms with van der Waals surface area (Å²) < 4.78 is 5.85. The van der Waals surface area contributed by atoms with Crippen LogP contribution in [0, 0.1) is 0 Å². The molecule has 0 amide bonds. The Morgan fingerprint density at radius 3 is 2.94 bits per heavy atom. The Kier molecular flexibility index (Phi) is 2.69. The first-order valence-corrected chi connectivity index (χ1v) is 6.17. The normalized spacial score (nSPS) is 17.4. The molecule has 0 atom stereocenters. The minimum absolute atomic E-state index is 0.752. The van der Waals surface area contributed by atoms with E-state index in [1.807, 2.05) is 18.2 Å². The van der Waals surface area contributed by atoms with Crippen molar-refractivity contribution in [3.05, 3.63) is 41.1 Å². The maximum Gasteiger partial charge on any atom is 0.134 e. The lowest BCUT2D eigenvalue weighted by atomic mass is 10.1. The first kappa shape index (κ1) is 10.9. The van der Waals surface area contributed by atoms with E-state index in [0.29, 0.717) is 0 Å².